The molecule has 0 amide bonds. The molecule has 6 heteroatoms. The van der Waals surface area contributed by atoms with E-state index in [9.17, 15) is 0 Å². The van der Waals surface area contributed by atoms with Gasteiger partial charge in [-0.25, -0.2) is 0 Å². The molecule has 130 valence electrons. The van der Waals surface area contributed by atoms with Crippen LogP contribution in [0.15, 0.2) is 60.9 Å². The Morgan fingerprint density at radius 2 is 1.32 bits per heavy atom. The Labute approximate surface area is 146 Å². The van der Waals surface area contributed by atoms with Crippen molar-refractivity contribution >= 4 is 27.1 Å². The Morgan fingerprint density at radius 1 is 0.760 bits per heavy atom. The SMILES string of the molecule is Cc1c2ccccc2c(C)c2c1cc[n+]1ccccc21.[O-][Cl+](O)(O)O. The number of aromatic nitrogens is 1. The molecule has 2 aromatic heterocycles. The first-order valence-electron chi connectivity index (χ1n) is 7.64. The normalized spacial score (nSPS) is 12.2. The van der Waals surface area contributed by atoms with Crippen molar-refractivity contribution < 1.29 is 33.3 Å². The quantitative estimate of drug-likeness (QED) is 0.252. The topological polar surface area (TPSA) is 87.9 Å². The summed E-state index contributed by atoms with van der Waals surface area (Å²) >= 11 is 0. The van der Waals surface area contributed by atoms with Crippen molar-refractivity contribution in [2.75, 3.05) is 0 Å². The number of hydrogen-bond donors (Lipinski definition) is 3. The first-order chi connectivity index (χ1) is 11.8. The van der Waals surface area contributed by atoms with Crippen molar-refractivity contribution in [3.63, 3.8) is 0 Å². The summed E-state index contributed by atoms with van der Waals surface area (Å²) in [5.41, 5.74) is 4.01. The van der Waals surface area contributed by atoms with E-state index >= 15 is 0 Å². The first kappa shape index (κ1) is 17.5. The number of fused-ring (bicyclic) bond motifs is 4. The number of halogens is 1. The third-order valence-corrected chi connectivity index (χ3v) is 4.33. The molecule has 2 heterocycles. The molecule has 0 fully saturated rings. The summed E-state index contributed by atoms with van der Waals surface area (Å²) in [6.45, 7) is 4.46. The molecule has 0 aliphatic rings. The van der Waals surface area contributed by atoms with Gasteiger partial charge in [0.05, 0.1) is 5.39 Å². The zero-order chi connectivity index (χ0) is 18.2. The molecule has 25 heavy (non-hydrogen) atoms. The fraction of sp³-hybridized carbons (Fsp3) is 0.105. The van der Waals surface area contributed by atoms with Gasteiger partial charge in [0, 0.05) is 18.2 Å². The molecule has 5 nitrogen and oxygen atoms in total. The van der Waals surface area contributed by atoms with Crippen LogP contribution in [-0.2, 0) is 0 Å². The van der Waals surface area contributed by atoms with Gasteiger partial charge >= 0.3 is 28.9 Å². The van der Waals surface area contributed by atoms with E-state index in [1.807, 2.05) is 0 Å². The molecular formula is C19H19ClNO4+. The van der Waals surface area contributed by atoms with Crippen LogP contribution in [-0.4, -0.2) is 14.0 Å². The van der Waals surface area contributed by atoms with Crippen LogP contribution < -0.4 is 9.06 Å². The van der Waals surface area contributed by atoms with Gasteiger partial charge in [-0.15, -0.1) is 0 Å². The summed E-state index contributed by atoms with van der Waals surface area (Å²) in [6, 6.07) is 17.3. The van der Waals surface area contributed by atoms with Gasteiger partial charge in [0.15, 0.2) is 12.4 Å². The molecule has 0 bridgehead atoms. The van der Waals surface area contributed by atoms with Crippen molar-refractivity contribution in [3.8, 4) is 0 Å². The fourth-order valence-electron chi connectivity index (χ4n) is 3.30. The van der Waals surface area contributed by atoms with Gasteiger partial charge < -0.3 is 0 Å². The number of aryl methyl sites for hydroxylation is 2. The molecule has 0 atom stereocenters. The molecule has 0 aliphatic carbocycles. The van der Waals surface area contributed by atoms with Crippen molar-refractivity contribution in [2.24, 2.45) is 0 Å². The van der Waals surface area contributed by atoms with E-state index < -0.39 is 10.2 Å². The Morgan fingerprint density at radius 3 is 1.96 bits per heavy atom. The van der Waals surface area contributed by atoms with Crippen LogP contribution in [0.3, 0.4) is 0 Å². The molecule has 4 aromatic rings. The van der Waals surface area contributed by atoms with Crippen LogP contribution >= 0.6 is 0 Å². The molecule has 4 rings (SSSR count). The van der Waals surface area contributed by atoms with E-state index in [0.717, 1.165) is 0 Å². The number of nitrogens with zero attached hydrogens (tertiary/aromatic N) is 1. The van der Waals surface area contributed by atoms with Gasteiger partial charge in [0.2, 0.25) is 5.52 Å². The molecule has 2 aromatic carbocycles. The number of benzene rings is 2. The maximum atomic E-state index is 8.83. The molecular weight excluding hydrogens is 342 g/mol. The van der Waals surface area contributed by atoms with Crippen LogP contribution in [0.25, 0.3) is 27.1 Å². The molecule has 0 unspecified atom stereocenters. The van der Waals surface area contributed by atoms with Crippen LogP contribution in [0.2, 0.25) is 0 Å². The van der Waals surface area contributed by atoms with Crippen LogP contribution in [0.5, 0.6) is 0 Å². The average molecular weight is 361 g/mol. The van der Waals surface area contributed by atoms with Crippen molar-refractivity contribution in [2.45, 2.75) is 13.8 Å². The van der Waals surface area contributed by atoms with Crippen molar-refractivity contribution in [1.29, 1.82) is 0 Å². The summed E-state index contributed by atoms with van der Waals surface area (Å²) in [5.74, 6) is 0. The summed E-state index contributed by atoms with van der Waals surface area (Å²) in [4.78, 5) is 0. The second kappa shape index (κ2) is 6.55. The third kappa shape index (κ3) is 3.56. The van der Waals surface area contributed by atoms with E-state index in [1.54, 1.807) is 0 Å². The second-order valence-corrected chi connectivity index (χ2v) is 6.69. The molecule has 0 aliphatic heterocycles. The van der Waals surface area contributed by atoms with Gasteiger partial charge in [-0.1, -0.05) is 24.3 Å². The Kier molecular flexibility index (Phi) is 4.60. The number of pyridine rings is 2. The van der Waals surface area contributed by atoms with Crippen LogP contribution in [0.1, 0.15) is 11.1 Å². The average Bonchev–Trinajstić information content (AvgIpc) is 2.57. The van der Waals surface area contributed by atoms with E-state index in [0.29, 0.717) is 0 Å². The van der Waals surface area contributed by atoms with E-state index in [2.05, 4.69) is 79.2 Å². The maximum absolute atomic E-state index is 8.83. The summed E-state index contributed by atoms with van der Waals surface area (Å²) < 4.78 is 32.4. The Bertz CT molecular complexity index is 1070. The molecule has 0 saturated heterocycles. The standard InChI is InChI=1S/C19H16N.ClH3O4/c1-13-15-7-3-4-8-16(15)14(2)19-17(13)10-12-20-11-6-5-9-18(19)20;2-1(3,4)5/h3-12H,1-2H3;2-4H/q+1;. The predicted molar refractivity (Wildman–Crippen MR) is 90.7 cm³/mol. The molecule has 0 saturated carbocycles. The molecule has 0 spiro atoms. The van der Waals surface area contributed by atoms with Gasteiger partial charge in [-0.05, 0) is 47.2 Å². The van der Waals surface area contributed by atoms with E-state index in [-0.39, 0.29) is 0 Å². The van der Waals surface area contributed by atoms with Gasteiger partial charge in [-0.3, -0.25) is 0 Å². The van der Waals surface area contributed by atoms with E-state index in [4.69, 9.17) is 18.6 Å². The van der Waals surface area contributed by atoms with Crippen molar-refractivity contribution in [3.05, 3.63) is 72.1 Å². The van der Waals surface area contributed by atoms with Crippen molar-refractivity contribution in [1.82, 2.24) is 0 Å². The van der Waals surface area contributed by atoms with Gasteiger partial charge in [-0.2, -0.15) is 4.40 Å². The molecule has 3 N–H and O–H groups in total. The summed E-state index contributed by atoms with van der Waals surface area (Å²) in [7, 11) is -4.19. The minimum absolute atomic E-state index is 1.27. The number of rotatable bonds is 0. The van der Waals surface area contributed by atoms with Gasteiger partial charge in [0.1, 0.15) is 0 Å². The second-order valence-electron chi connectivity index (χ2n) is 5.83. The minimum atomic E-state index is -4.19. The van der Waals surface area contributed by atoms with E-state index in [1.165, 1.54) is 38.2 Å². The zero-order valence-electron chi connectivity index (χ0n) is 13.8. The third-order valence-electron chi connectivity index (χ3n) is 4.33. The Balaban J connectivity index is 0.000000324. The zero-order valence-corrected chi connectivity index (χ0v) is 14.6. The monoisotopic (exact) mass is 360 g/mol. The molecule has 0 radical (unpaired) electrons. The first-order valence-corrected chi connectivity index (χ1v) is 8.96. The number of hydrogen-bond acceptors (Lipinski definition) is 4. The van der Waals surface area contributed by atoms with Crippen LogP contribution in [0, 0.1) is 24.1 Å². The summed E-state index contributed by atoms with van der Waals surface area (Å²) in [5, 5.41) is 5.43. The summed E-state index contributed by atoms with van der Waals surface area (Å²) in [6.07, 6.45) is 4.26. The Hall–Kier alpha value is -2.28. The van der Waals surface area contributed by atoms with Gasteiger partial charge in [0.25, 0.3) is 0 Å². The fourth-order valence-corrected chi connectivity index (χ4v) is 3.30. The van der Waals surface area contributed by atoms with Crippen LogP contribution in [0.4, 0.5) is 0 Å². The predicted octanol–water partition coefficient (Wildman–Crippen LogP) is 1.49.